The van der Waals surface area contributed by atoms with E-state index in [0.717, 1.165) is 30.7 Å². The van der Waals surface area contributed by atoms with Crippen molar-refractivity contribution in [2.45, 2.75) is 50.6 Å². The van der Waals surface area contributed by atoms with E-state index < -0.39 is 0 Å². The molecule has 1 aliphatic heterocycles. The number of rotatable bonds is 6. The number of ether oxygens (including phenoxy) is 1. The van der Waals surface area contributed by atoms with E-state index in [-0.39, 0.29) is 11.4 Å². The molecule has 1 unspecified atom stereocenters. The normalized spacial score (nSPS) is 20.1. The molecule has 4 nitrogen and oxygen atoms in total. The molecule has 1 atom stereocenters. The Kier molecular flexibility index (Phi) is 5.64. The second kappa shape index (κ2) is 8.59. The standard InChI is InChI=1S/C28H32N2O2/c1-20-13-14-23(32-19-22-10-5-6-17-30(22)2)18-25(20)27(31)29-28(15-16-28)26-12-7-9-21-8-3-4-11-24(21)26/h3-4,7-9,11-14,18,22H,5-6,10,15-17,19H2,1-2H3,(H,29,31). The number of aryl methyl sites for hydroxylation is 1. The van der Waals surface area contributed by atoms with Crippen molar-refractivity contribution in [1.29, 1.82) is 0 Å². The number of carbonyl (C=O) groups is 1. The molecule has 4 heteroatoms. The molecule has 0 bridgehead atoms. The zero-order valence-corrected chi connectivity index (χ0v) is 19.1. The highest BCUT2D eigenvalue weighted by Gasteiger charge is 2.46. The lowest BCUT2D eigenvalue weighted by Gasteiger charge is -2.32. The van der Waals surface area contributed by atoms with Crippen molar-refractivity contribution in [1.82, 2.24) is 10.2 Å². The Morgan fingerprint density at radius 3 is 2.72 bits per heavy atom. The fraction of sp³-hybridized carbons (Fsp3) is 0.393. The van der Waals surface area contributed by atoms with Crippen LogP contribution in [0.3, 0.4) is 0 Å². The van der Waals surface area contributed by atoms with Crippen molar-refractivity contribution in [3.8, 4) is 5.75 Å². The second-order valence-electron chi connectivity index (χ2n) is 9.48. The highest BCUT2D eigenvalue weighted by molar-refractivity contribution is 5.97. The molecule has 5 rings (SSSR count). The van der Waals surface area contributed by atoms with Crippen LogP contribution in [0.15, 0.2) is 60.7 Å². The molecular weight excluding hydrogens is 396 g/mol. The summed E-state index contributed by atoms with van der Waals surface area (Å²) in [5.74, 6) is 0.753. The lowest BCUT2D eigenvalue weighted by molar-refractivity contribution is 0.0929. The molecule has 1 N–H and O–H groups in total. The van der Waals surface area contributed by atoms with Crippen LogP contribution in [0.25, 0.3) is 10.8 Å². The van der Waals surface area contributed by atoms with Gasteiger partial charge in [-0.2, -0.15) is 0 Å². The lowest BCUT2D eigenvalue weighted by atomic mass is 9.96. The van der Waals surface area contributed by atoms with Crippen molar-refractivity contribution in [2.24, 2.45) is 0 Å². The molecule has 2 fully saturated rings. The van der Waals surface area contributed by atoms with Crippen LogP contribution < -0.4 is 10.1 Å². The number of piperidine rings is 1. The van der Waals surface area contributed by atoms with Gasteiger partial charge in [-0.1, -0.05) is 55.0 Å². The van der Waals surface area contributed by atoms with Gasteiger partial charge in [-0.25, -0.2) is 0 Å². The number of carbonyl (C=O) groups excluding carboxylic acids is 1. The summed E-state index contributed by atoms with van der Waals surface area (Å²) < 4.78 is 6.13. The van der Waals surface area contributed by atoms with Crippen molar-refractivity contribution < 1.29 is 9.53 Å². The summed E-state index contributed by atoms with van der Waals surface area (Å²) in [6, 6.07) is 21.1. The smallest absolute Gasteiger partial charge is 0.252 e. The summed E-state index contributed by atoms with van der Waals surface area (Å²) in [7, 11) is 2.17. The lowest BCUT2D eigenvalue weighted by Crippen LogP contribution is -2.40. The third-order valence-electron chi connectivity index (χ3n) is 7.23. The zero-order valence-electron chi connectivity index (χ0n) is 19.1. The molecule has 1 aliphatic carbocycles. The van der Waals surface area contributed by atoms with Crippen LogP contribution in [0.4, 0.5) is 0 Å². The highest BCUT2D eigenvalue weighted by atomic mass is 16.5. The van der Waals surface area contributed by atoms with Crippen molar-refractivity contribution in [3.05, 3.63) is 77.4 Å². The first-order valence-corrected chi connectivity index (χ1v) is 11.8. The van der Waals surface area contributed by atoms with Crippen LogP contribution >= 0.6 is 0 Å². The second-order valence-corrected chi connectivity index (χ2v) is 9.48. The maximum absolute atomic E-state index is 13.4. The predicted molar refractivity (Wildman–Crippen MR) is 129 cm³/mol. The van der Waals surface area contributed by atoms with E-state index >= 15 is 0 Å². The fourth-order valence-electron chi connectivity index (χ4n) is 5.00. The van der Waals surface area contributed by atoms with Gasteiger partial charge in [0.2, 0.25) is 0 Å². The Hall–Kier alpha value is -2.85. The van der Waals surface area contributed by atoms with E-state index in [1.807, 2.05) is 25.1 Å². The Morgan fingerprint density at radius 2 is 1.91 bits per heavy atom. The van der Waals surface area contributed by atoms with Gasteiger partial charge in [-0.3, -0.25) is 4.79 Å². The highest BCUT2D eigenvalue weighted by Crippen LogP contribution is 2.48. The molecule has 1 amide bonds. The summed E-state index contributed by atoms with van der Waals surface area (Å²) in [5.41, 5.74) is 2.62. The summed E-state index contributed by atoms with van der Waals surface area (Å²) in [5, 5.41) is 5.80. The molecule has 1 heterocycles. The van der Waals surface area contributed by atoms with Gasteiger partial charge in [-0.05, 0) is 80.2 Å². The SMILES string of the molecule is Cc1ccc(OCC2CCCCN2C)cc1C(=O)NC1(c2cccc3ccccc23)CC1. The van der Waals surface area contributed by atoms with Crippen LogP contribution in [0.1, 0.15) is 53.6 Å². The number of likely N-dealkylation sites (N-methyl/N-ethyl adjacent to an activating group) is 1. The van der Waals surface area contributed by atoms with E-state index in [4.69, 9.17) is 4.74 Å². The minimum Gasteiger partial charge on any atom is -0.492 e. The van der Waals surface area contributed by atoms with Gasteiger partial charge in [-0.15, -0.1) is 0 Å². The minimum atomic E-state index is -0.272. The molecule has 0 aromatic heterocycles. The number of nitrogens with one attached hydrogen (secondary N) is 1. The van der Waals surface area contributed by atoms with Crippen LogP contribution in [0.5, 0.6) is 5.75 Å². The monoisotopic (exact) mass is 428 g/mol. The van der Waals surface area contributed by atoms with Gasteiger partial charge in [0.05, 0.1) is 5.54 Å². The Labute approximate surface area is 190 Å². The van der Waals surface area contributed by atoms with E-state index in [1.54, 1.807) is 0 Å². The van der Waals surface area contributed by atoms with Crippen LogP contribution in [0, 0.1) is 6.92 Å². The number of nitrogens with zero attached hydrogens (tertiary/aromatic N) is 1. The first kappa shape index (κ1) is 21.0. The average molecular weight is 429 g/mol. The number of likely N-dealkylation sites (tertiary alicyclic amines) is 1. The third kappa shape index (κ3) is 4.12. The maximum Gasteiger partial charge on any atom is 0.252 e. The van der Waals surface area contributed by atoms with Gasteiger partial charge in [0.15, 0.2) is 0 Å². The third-order valence-corrected chi connectivity index (χ3v) is 7.23. The average Bonchev–Trinajstić information content (AvgIpc) is 3.59. The molecule has 3 aromatic carbocycles. The molecule has 166 valence electrons. The maximum atomic E-state index is 13.4. The molecule has 1 saturated carbocycles. The van der Waals surface area contributed by atoms with Crippen LogP contribution in [-0.2, 0) is 5.54 Å². The van der Waals surface area contributed by atoms with Crippen molar-refractivity contribution in [2.75, 3.05) is 20.2 Å². The number of hydrogen-bond acceptors (Lipinski definition) is 3. The molecular formula is C28H32N2O2. The Morgan fingerprint density at radius 1 is 1.09 bits per heavy atom. The molecule has 2 aliphatic rings. The number of fused-ring (bicyclic) bond motifs is 1. The summed E-state index contributed by atoms with van der Waals surface area (Å²) in [6.07, 6.45) is 5.63. The van der Waals surface area contributed by atoms with E-state index in [9.17, 15) is 4.79 Å². The van der Waals surface area contributed by atoms with Gasteiger partial charge in [0.25, 0.3) is 5.91 Å². The van der Waals surface area contributed by atoms with Crippen LogP contribution in [0.2, 0.25) is 0 Å². The molecule has 0 radical (unpaired) electrons. The van der Waals surface area contributed by atoms with Gasteiger partial charge >= 0.3 is 0 Å². The zero-order chi connectivity index (χ0) is 22.1. The number of hydrogen-bond donors (Lipinski definition) is 1. The quantitative estimate of drug-likeness (QED) is 0.569. The largest absolute Gasteiger partial charge is 0.492 e. The van der Waals surface area contributed by atoms with E-state index in [2.05, 4.69) is 59.7 Å². The van der Waals surface area contributed by atoms with Gasteiger partial charge in [0, 0.05) is 11.6 Å². The van der Waals surface area contributed by atoms with E-state index in [1.165, 1.54) is 35.6 Å². The van der Waals surface area contributed by atoms with Crippen LogP contribution in [-0.4, -0.2) is 37.0 Å². The van der Waals surface area contributed by atoms with Gasteiger partial charge in [0.1, 0.15) is 12.4 Å². The topological polar surface area (TPSA) is 41.6 Å². The predicted octanol–water partition coefficient (Wildman–Crippen LogP) is 5.43. The van der Waals surface area contributed by atoms with E-state index in [0.29, 0.717) is 18.2 Å². The first-order chi connectivity index (χ1) is 15.6. The number of amides is 1. The molecule has 1 saturated heterocycles. The summed E-state index contributed by atoms with van der Waals surface area (Å²) in [6.45, 7) is 3.79. The number of benzene rings is 3. The minimum absolute atomic E-state index is 0.0202. The van der Waals surface area contributed by atoms with Crippen molar-refractivity contribution >= 4 is 16.7 Å². The molecule has 0 spiro atoms. The molecule has 32 heavy (non-hydrogen) atoms. The fourth-order valence-corrected chi connectivity index (χ4v) is 5.00. The summed E-state index contributed by atoms with van der Waals surface area (Å²) >= 11 is 0. The Balaban J connectivity index is 1.33. The Bertz CT molecular complexity index is 1130. The van der Waals surface area contributed by atoms with Crippen molar-refractivity contribution in [3.63, 3.8) is 0 Å². The molecule has 3 aromatic rings. The summed E-state index contributed by atoms with van der Waals surface area (Å²) in [4.78, 5) is 15.7. The van der Waals surface area contributed by atoms with Gasteiger partial charge < -0.3 is 15.0 Å². The first-order valence-electron chi connectivity index (χ1n) is 11.8.